The molecule has 0 aromatic heterocycles. The second-order valence-corrected chi connectivity index (χ2v) is 4.27. The van der Waals surface area contributed by atoms with Crippen molar-refractivity contribution in [2.75, 3.05) is 19.6 Å². The van der Waals surface area contributed by atoms with Crippen molar-refractivity contribution in [2.24, 2.45) is 5.73 Å². The molecule has 1 heterocycles. The minimum Gasteiger partial charge on any atom is -0.351 e. The van der Waals surface area contributed by atoms with Gasteiger partial charge >= 0.3 is 12.2 Å². The van der Waals surface area contributed by atoms with Crippen LogP contribution in [0, 0.1) is 0 Å². The summed E-state index contributed by atoms with van der Waals surface area (Å²) >= 11 is 0. The number of nitrogens with one attached hydrogen (secondary N) is 1. The highest BCUT2D eigenvalue weighted by atomic mass is 19.4. The molecule has 3 N–H and O–H groups in total. The van der Waals surface area contributed by atoms with Crippen LogP contribution < -0.4 is 11.1 Å². The van der Waals surface area contributed by atoms with Gasteiger partial charge in [-0.2, -0.15) is 13.2 Å². The van der Waals surface area contributed by atoms with Crippen molar-refractivity contribution >= 4 is 6.03 Å². The maximum atomic E-state index is 11.9. The average molecular weight is 253 g/mol. The van der Waals surface area contributed by atoms with E-state index >= 15 is 0 Å². The number of likely N-dealkylation sites (tertiary alicyclic amines) is 1. The number of urea groups is 1. The van der Waals surface area contributed by atoms with E-state index in [1.165, 1.54) is 0 Å². The molecule has 1 rings (SSSR count). The number of piperidine rings is 1. The zero-order valence-electron chi connectivity index (χ0n) is 9.59. The monoisotopic (exact) mass is 253 g/mol. The van der Waals surface area contributed by atoms with Crippen LogP contribution in [0.25, 0.3) is 0 Å². The van der Waals surface area contributed by atoms with Gasteiger partial charge in [0, 0.05) is 25.6 Å². The highest BCUT2D eigenvalue weighted by Crippen LogP contribution is 2.20. The lowest BCUT2D eigenvalue weighted by atomic mass is 10.1. The van der Waals surface area contributed by atoms with Gasteiger partial charge in [0.1, 0.15) is 0 Å². The van der Waals surface area contributed by atoms with Gasteiger partial charge in [0.2, 0.25) is 0 Å². The van der Waals surface area contributed by atoms with Crippen LogP contribution in [0.5, 0.6) is 0 Å². The Morgan fingerprint density at radius 2 is 1.94 bits per heavy atom. The highest BCUT2D eigenvalue weighted by Gasteiger charge is 2.26. The maximum Gasteiger partial charge on any atom is 0.389 e. The molecular weight excluding hydrogens is 235 g/mol. The van der Waals surface area contributed by atoms with Gasteiger partial charge < -0.3 is 16.0 Å². The number of amides is 2. The summed E-state index contributed by atoms with van der Waals surface area (Å²) in [6.45, 7) is 1.51. The van der Waals surface area contributed by atoms with Crippen LogP contribution in [0.3, 0.4) is 0 Å². The molecule has 4 nitrogen and oxygen atoms in total. The van der Waals surface area contributed by atoms with E-state index in [0.29, 0.717) is 19.6 Å². The van der Waals surface area contributed by atoms with E-state index in [9.17, 15) is 18.0 Å². The van der Waals surface area contributed by atoms with Gasteiger partial charge in [0.25, 0.3) is 0 Å². The van der Waals surface area contributed by atoms with Gasteiger partial charge in [-0.15, -0.1) is 0 Å². The van der Waals surface area contributed by atoms with E-state index in [4.69, 9.17) is 5.73 Å². The third kappa shape index (κ3) is 5.76. The summed E-state index contributed by atoms with van der Waals surface area (Å²) < 4.78 is 35.6. The van der Waals surface area contributed by atoms with E-state index < -0.39 is 18.6 Å². The van der Waals surface area contributed by atoms with Gasteiger partial charge in [-0.3, -0.25) is 0 Å². The summed E-state index contributed by atoms with van der Waals surface area (Å²) in [7, 11) is 0. The van der Waals surface area contributed by atoms with Crippen molar-refractivity contribution in [2.45, 2.75) is 37.9 Å². The summed E-state index contributed by atoms with van der Waals surface area (Å²) in [5, 5.41) is 3.07. The molecule has 17 heavy (non-hydrogen) atoms. The van der Waals surface area contributed by atoms with Gasteiger partial charge in [-0.05, 0) is 25.8 Å². The minimum absolute atomic E-state index is 0.0968. The number of rotatable bonds is 4. The first kappa shape index (κ1) is 14.1. The standard InChI is InChI=1S/C10H18F3N3O/c11-10(12,13)4-1-5-15-8-2-6-16(7-3-8)9(14)17/h8,15H,1-7H2,(H2,14,17). The van der Waals surface area contributed by atoms with Crippen LogP contribution in [0.4, 0.5) is 18.0 Å². The lowest BCUT2D eigenvalue weighted by Gasteiger charge is -2.31. The Hall–Kier alpha value is -0.980. The Balaban J connectivity index is 2.09. The van der Waals surface area contributed by atoms with Crippen molar-refractivity contribution < 1.29 is 18.0 Å². The second-order valence-electron chi connectivity index (χ2n) is 4.27. The number of hydrogen-bond acceptors (Lipinski definition) is 2. The predicted molar refractivity (Wildman–Crippen MR) is 57.5 cm³/mol. The number of carbonyl (C=O) groups is 1. The molecule has 1 aliphatic heterocycles. The molecule has 0 radical (unpaired) electrons. The van der Waals surface area contributed by atoms with Crippen LogP contribution in [-0.2, 0) is 0 Å². The summed E-state index contributed by atoms with van der Waals surface area (Å²) in [6.07, 6.45) is -3.24. The fraction of sp³-hybridized carbons (Fsp3) is 0.900. The third-order valence-corrected chi connectivity index (χ3v) is 2.88. The fourth-order valence-corrected chi connectivity index (χ4v) is 1.90. The number of halogens is 3. The normalized spacial score (nSPS) is 18.4. The number of nitrogens with zero attached hydrogens (tertiary/aromatic N) is 1. The van der Waals surface area contributed by atoms with E-state index in [1.807, 2.05) is 0 Å². The highest BCUT2D eigenvalue weighted by molar-refractivity contribution is 5.72. The van der Waals surface area contributed by atoms with Crippen LogP contribution in [0.15, 0.2) is 0 Å². The lowest BCUT2D eigenvalue weighted by molar-refractivity contribution is -0.135. The van der Waals surface area contributed by atoms with E-state index in [-0.39, 0.29) is 12.5 Å². The molecule has 0 aromatic rings. The predicted octanol–water partition coefficient (Wildman–Crippen LogP) is 1.46. The number of carbonyl (C=O) groups excluding carboxylic acids is 1. The van der Waals surface area contributed by atoms with Gasteiger partial charge in [-0.25, -0.2) is 4.79 Å². The molecule has 0 atom stereocenters. The quantitative estimate of drug-likeness (QED) is 0.745. The molecule has 0 unspecified atom stereocenters. The molecule has 1 aliphatic rings. The van der Waals surface area contributed by atoms with Gasteiger partial charge in [0.15, 0.2) is 0 Å². The Kier molecular flexibility index (Phi) is 5.04. The van der Waals surface area contributed by atoms with Crippen molar-refractivity contribution in [1.82, 2.24) is 10.2 Å². The zero-order valence-corrected chi connectivity index (χ0v) is 9.59. The zero-order chi connectivity index (χ0) is 12.9. The Morgan fingerprint density at radius 1 is 1.35 bits per heavy atom. The molecule has 100 valence electrons. The summed E-state index contributed by atoms with van der Waals surface area (Å²) in [4.78, 5) is 12.4. The third-order valence-electron chi connectivity index (χ3n) is 2.88. The molecule has 0 spiro atoms. The molecule has 0 aromatic carbocycles. The number of alkyl halides is 3. The van der Waals surface area contributed by atoms with E-state index in [1.54, 1.807) is 4.90 Å². The van der Waals surface area contributed by atoms with Crippen LogP contribution in [-0.4, -0.2) is 42.8 Å². The average Bonchev–Trinajstić information content (AvgIpc) is 2.24. The van der Waals surface area contributed by atoms with Gasteiger partial charge in [0.05, 0.1) is 0 Å². The van der Waals surface area contributed by atoms with Crippen LogP contribution in [0.1, 0.15) is 25.7 Å². The first-order chi connectivity index (χ1) is 7.88. The molecule has 1 fully saturated rings. The molecule has 0 saturated carbocycles. The molecular formula is C10H18F3N3O. The second kappa shape index (κ2) is 6.09. The molecule has 1 saturated heterocycles. The van der Waals surface area contributed by atoms with E-state index in [0.717, 1.165) is 12.8 Å². The van der Waals surface area contributed by atoms with Gasteiger partial charge in [-0.1, -0.05) is 0 Å². The summed E-state index contributed by atoms with van der Waals surface area (Å²) in [5.74, 6) is 0. The summed E-state index contributed by atoms with van der Waals surface area (Å²) in [5.41, 5.74) is 5.12. The smallest absolute Gasteiger partial charge is 0.351 e. The van der Waals surface area contributed by atoms with Crippen LogP contribution >= 0.6 is 0 Å². The maximum absolute atomic E-state index is 11.9. The SMILES string of the molecule is NC(=O)N1CCC(NCCCC(F)(F)F)CC1. The first-order valence-corrected chi connectivity index (χ1v) is 5.73. The molecule has 2 amide bonds. The fourth-order valence-electron chi connectivity index (χ4n) is 1.90. The Labute approximate surface area is 98.3 Å². The van der Waals surface area contributed by atoms with Crippen molar-refractivity contribution in [3.05, 3.63) is 0 Å². The van der Waals surface area contributed by atoms with Crippen molar-refractivity contribution in [3.63, 3.8) is 0 Å². The Bertz CT molecular complexity index is 250. The largest absolute Gasteiger partial charge is 0.389 e. The van der Waals surface area contributed by atoms with Crippen molar-refractivity contribution in [1.29, 1.82) is 0 Å². The lowest BCUT2D eigenvalue weighted by Crippen LogP contribution is -2.47. The number of hydrogen-bond donors (Lipinski definition) is 2. The first-order valence-electron chi connectivity index (χ1n) is 5.73. The number of nitrogens with two attached hydrogens (primary N) is 1. The van der Waals surface area contributed by atoms with Crippen LogP contribution in [0.2, 0.25) is 0 Å². The molecule has 0 bridgehead atoms. The molecule has 7 heteroatoms. The summed E-state index contributed by atoms with van der Waals surface area (Å²) in [6, 6.07) is -0.237. The minimum atomic E-state index is -4.07. The molecule has 0 aliphatic carbocycles. The number of primary amides is 1. The topological polar surface area (TPSA) is 58.4 Å². The Morgan fingerprint density at radius 3 is 2.41 bits per heavy atom. The van der Waals surface area contributed by atoms with E-state index in [2.05, 4.69) is 5.32 Å². The van der Waals surface area contributed by atoms with Crippen molar-refractivity contribution in [3.8, 4) is 0 Å².